The summed E-state index contributed by atoms with van der Waals surface area (Å²) >= 11 is 0. The monoisotopic (exact) mass is 359 g/mol. The minimum Gasteiger partial charge on any atom is -0.504 e. The molecule has 0 radical (unpaired) electrons. The Hall–Kier alpha value is -3.49. The maximum absolute atomic E-state index is 12.5. The summed E-state index contributed by atoms with van der Waals surface area (Å²) in [7, 11) is 2.62. The van der Waals surface area contributed by atoms with Gasteiger partial charge in [-0.1, -0.05) is 12.6 Å². The number of carbonyl (C=O) groups is 1. The number of anilines is 1. The number of methoxy groups -OCH3 is 2. The first-order chi connectivity index (χ1) is 12.4. The molecule has 4 N–H and O–H groups in total. The molecule has 1 aromatic carbocycles. The molecule has 0 saturated heterocycles. The van der Waals surface area contributed by atoms with Gasteiger partial charge in [0.1, 0.15) is 11.7 Å². The molecule has 3 rings (SSSR count). The molecule has 0 unspecified atom stereocenters. The van der Waals surface area contributed by atoms with E-state index in [1.807, 2.05) is 0 Å². The number of carbonyl (C=O) groups excluding carboxylic acids is 1. The third-order valence-corrected chi connectivity index (χ3v) is 4.30. The molecule has 2 heterocycles. The SMILES string of the molecule is C=C1Nc2[nH]c(=O)[nH]c(=O)c2[C@H](c2ccc(O)c(OC)c2)[C@H]1C(=O)OC. The summed E-state index contributed by atoms with van der Waals surface area (Å²) in [5, 5.41) is 12.6. The first-order valence-electron chi connectivity index (χ1n) is 7.64. The van der Waals surface area contributed by atoms with Gasteiger partial charge in [0.05, 0.1) is 19.8 Å². The van der Waals surface area contributed by atoms with Crippen molar-refractivity contribution in [2.24, 2.45) is 5.92 Å². The van der Waals surface area contributed by atoms with E-state index in [1.54, 1.807) is 6.07 Å². The summed E-state index contributed by atoms with van der Waals surface area (Å²) in [4.78, 5) is 41.1. The number of fused-ring (bicyclic) bond motifs is 1. The number of phenolic OH excluding ortho intramolecular Hbond substituents is 1. The molecule has 0 aliphatic carbocycles. The van der Waals surface area contributed by atoms with Gasteiger partial charge < -0.3 is 19.9 Å². The first kappa shape index (κ1) is 17.3. The van der Waals surface area contributed by atoms with Crippen LogP contribution in [-0.4, -0.2) is 35.3 Å². The van der Waals surface area contributed by atoms with Crippen molar-refractivity contribution >= 4 is 11.8 Å². The highest BCUT2D eigenvalue weighted by Gasteiger charge is 2.41. The summed E-state index contributed by atoms with van der Waals surface area (Å²) in [5.41, 5.74) is -0.401. The van der Waals surface area contributed by atoms with Crippen LogP contribution >= 0.6 is 0 Å². The summed E-state index contributed by atoms with van der Waals surface area (Å²) in [5.74, 6) is -2.08. The number of aromatic amines is 2. The molecule has 2 aromatic rings. The van der Waals surface area contributed by atoms with Gasteiger partial charge in [-0.25, -0.2) is 4.79 Å². The van der Waals surface area contributed by atoms with Crippen LogP contribution in [0, 0.1) is 5.92 Å². The van der Waals surface area contributed by atoms with Gasteiger partial charge in [-0.05, 0) is 17.7 Å². The standard InChI is InChI=1S/C17H17N3O6/c1-7-11(16(23)26-3)12(8-4-5-9(21)10(6-8)25-2)13-14(18-7)19-17(24)20-15(13)22/h4-6,11-12,21H,1H2,2-3H3,(H3,18,19,20,22,24)/t11-,12+/m0/s1. The molecule has 0 spiro atoms. The minimum atomic E-state index is -0.922. The molecule has 2 atom stereocenters. The topological polar surface area (TPSA) is 134 Å². The Morgan fingerprint density at radius 3 is 2.62 bits per heavy atom. The van der Waals surface area contributed by atoms with E-state index in [-0.39, 0.29) is 28.6 Å². The molecule has 136 valence electrons. The second kappa shape index (κ2) is 6.43. The Balaban J connectivity index is 2.30. The smallest absolute Gasteiger partial charge is 0.327 e. The molecule has 9 nitrogen and oxygen atoms in total. The number of aromatic nitrogens is 2. The minimum absolute atomic E-state index is 0.0887. The van der Waals surface area contributed by atoms with Gasteiger partial charge in [-0.15, -0.1) is 0 Å². The lowest BCUT2D eigenvalue weighted by Gasteiger charge is -2.33. The first-order valence-corrected chi connectivity index (χ1v) is 7.64. The quantitative estimate of drug-likeness (QED) is 0.591. The van der Waals surface area contributed by atoms with E-state index >= 15 is 0 Å². The van der Waals surface area contributed by atoms with Crippen molar-refractivity contribution in [1.82, 2.24) is 9.97 Å². The largest absolute Gasteiger partial charge is 0.504 e. The second-order valence-electron chi connectivity index (χ2n) is 5.76. The summed E-state index contributed by atoms with van der Waals surface area (Å²) in [6.07, 6.45) is 0. The van der Waals surface area contributed by atoms with E-state index < -0.39 is 29.1 Å². The number of phenols is 1. The highest BCUT2D eigenvalue weighted by Crippen LogP contribution is 2.43. The Morgan fingerprint density at radius 2 is 1.96 bits per heavy atom. The average Bonchev–Trinajstić information content (AvgIpc) is 2.60. The van der Waals surface area contributed by atoms with Crippen LogP contribution in [0.5, 0.6) is 11.5 Å². The Morgan fingerprint density at radius 1 is 1.23 bits per heavy atom. The Kier molecular flexibility index (Phi) is 4.29. The van der Waals surface area contributed by atoms with Crippen molar-refractivity contribution in [2.75, 3.05) is 19.5 Å². The van der Waals surface area contributed by atoms with Crippen LogP contribution in [-0.2, 0) is 9.53 Å². The summed E-state index contributed by atoms with van der Waals surface area (Å²) in [6, 6.07) is 4.47. The van der Waals surface area contributed by atoms with Crippen molar-refractivity contribution in [1.29, 1.82) is 0 Å². The van der Waals surface area contributed by atoms with Crippen LogP contribution in [0.4, 0.5) is 5.82 Å². The number of hydrogen-bond acceptors (Lipinski definition) is 7. The lowest BCUT2D eigenvalue weighted by atomic mass is 9.77. The molecule has 1 aromatic heterocycles. The zero-order chi connectivity index (χ0) is 19.0. The van der Waals surface area contributed by atoms with Crippen LogP contribution in [0.1, 0.15) is 17.0 Å². The van der Waals surface area contributed by atoms with Gasteiger partial charge in [0.2, 0.25) is 0 Å². The zero-order valence-electron chi connectivity index (χ0n) is 14.1. The number of esters is 1. The van der Waals surface area contributed by atoms with E-state index in [2.05, 4.69) is 21.9 Å². The van der Waals surface area contributed by atoms with Crippen LogP contribution in [0.25, 0.3) is 0 Å². The molecular weight excluding hydrogens is 342 g/mol. The maximum atomic E-state index is 12.5. The predicted molar refractivity (Wildman–Crippen MR) is 92.5 cm³/mol. The number of hydrogen-bond donors (Lipinski definition) is 4. The number of nitrogens with one attached hydrogen (secondary N) is 3. The summed E-state index contributed by atoms with van der Waals surface area (Å²) in [6.45, 7) is 3.83. The number of H-pyrrole nitrogens is 2. The van der Waals surface area contributed by atoms with Gasteiger partial charge in [0.15, 0.2) is 11.5 Å². The molecule has 0 bridgehead atoms. The third-order valence-electron chi connectivity index (χ3n) is 4.30. The van der Waals surface area contributed by atoms with Crippen LogP contribution in [0.15, 0.2) is 40.1 Å². The third kappa shape index (κ3) is 2.73. The average molecular weight is 359 g/mol. The normalized spacial score (nSPS) is 18.6. The number of aromatic hydroxyl groups is 1. The van der Waals surface area contributed by atoms with Crippen molar-refractivity contribution in [3.8, 4) is 11.5 Å². The second-order valence-corrected chi connectivity index (χ2v) is 5.76. The van der Waals surface area contributed by atoms with E-state index in [0.717, 1.165) is 0 Å². The van der Waals surface area contributed by atoms with Crippen molar-refractivity contribution in [3.05, 3.63) is 62.4 Å². The Labute approximate surface area is 147 Å². The summed E-state index contributed by atoms with van der Waals surface area (Å²) < 4.78 is 9.98. The fourth-order valence-electron chi connectivity index (χ4n) is 3.15. The van der Waals surface area contributed by atoms with E-state index in [9.17, 15) is 19.5 Å². The Bertz CT molecular complexity index is 1010. The number of benzene rings is 1. The molecule has 0 amide bonds. The predicted octanol–water partition coefficient (Wildman–Crippen LogP) is 0.638. The van der Waals surface area contributed by atoms with Gasteiger partial charge >= 0.3 is 11.7 Å². The molecule has 0 fully saturated rings. The van der Waals surface area contributed by atoms with Crippen molar-refractivity contribution in [2.45, 2.75) is 5.92 Å². The molecule has 0 saturated carbocycles. The molecule has 9 heteroatoms. The van der Waals surface area contributed by atoms with E-state index in [4.69, 9.17) is 9.47 Å². The van der Waals surface area contributed by atoms with Gasteiger partial charge in [-0.2, -0.15) is 0 Å². The molecule has 1 aliphatic rings. The van der Waals surface area contributed by atoms with Gasteiger partial charge in [-0.3, -0.25) is 19.6 Å². The van der Waals surface area contributed by atoms with Crippen molar-refractivity contribution in [3.63, 3.8) is 0 Å². The lowest BCUT2D eigenvalue weighted by molar-refractivity contribution is -0.144. The zero-order valence-corrected chi connectivity index (χ0v) is 14.1. The fraction of sp³-hybridized carbons (Fsp3) is 0.235. The molecule has 1 aliphatic heterocycles. The van der Waals surface area contributed by atoms with Crippen LogP contribution in [0.2, 0.25) is 0 Å². The highest BCUT2D eigenvalue weighted by atomic mass is 16.5. The van der Waals surface area contributed by atoms with E-state index in [1.165, 1.54) is 26.4 Å². The molecular formula is C17H17N3O6. The number of rotatable bonds is 3. The highest BCUT2D eigenvalue weighted by molar-refractivity contribution is 5.81. The van der Waals surface area contributed by atoms with Gasteiger partial charge in [0.25, 0.3) is 5.56 Å². The number of ether oxygens (including phenoxy) is 2. The fourth-order valence-corrected chi connectivity index (χ4v) is 3.15. The van der Waals surface area contributed by atoms with Crippen LogP contribution in [0.3, 0.4) is 0 Å². The van der Waals surface area contributed by atoms with Gasteiger partial charge in [0, 0.05) is 11.6 Å². The molecule has 26 heavy (non-hydrogen) atoms. The van der Waals surface area contributed by atoms with Crippen molar-refractivity contribution < 1.29 is 19.4 Å². The van der Waals surface area contributed by atoms with E-state index in [0.29, 0.717) is 5.56 Å². The maximum Gasteiger partial charge on any atom is 0.327 e. The van der Waals surface area contributed by atoms with Crippen LogP contribution < -0.4 is 21.3 Å². The lowest BCUT2D eigenvalue weighted by Crippen LogP contribution is -2.39.